The number of amides is 1. The molecule has 0 aliphatic rings. The van der Waals surface area contributed by atoms with Crippen molar-refractivity contribution in [3.8, 4) is 5.69 Å². The summed E-state index contributed by atoms with van der Waals surface area (Å²) in [6, 6.07) is 7.61. The van der Waals surface area contributed by atoms with Gasteiger partial charge in [0.15, 0.2) is 5.69 Å². The van der Waals surface area contributed by atoms with Gasteiger partial charge in [0.25, 0.3) is 11.6 Å². The van der Waals surface area contributed by atoms with Crippen LogP contribution >= 0.6 is 0 Å². The molecule has 1 aromatic heterocycles. The van der Waals surface area contributed by atoms with Crippen LogP contribution in [0.3, 0.4) is 0 Å². The maximum absolute atomic E-state index is 12.3. The molecule has 1 heterocycles. The number of aliphatic hydroxyl groups excluding tert-OH is 1. The van der Waals surface area contributed by atoms with E-state index in [1.807, 2.05) is 0 Å². The van der Waals surface area contributed by atoms with Crippen molar-refractivity contribution in [1.82, 2.24) is 14.7 Å². The lowest BCUT2D eigenvalue weighted by atomic mass is 10.3. The maximum atomic E-state index is 12.3. The number of nitrogens with zero attached hydrogens (tertiary/aromatic N) is 4. The quantitative estimate of drug-likeness (QED) is 0.472. The van der Waals surface area contributed by atoms with Crippen molar-refractivity contribution in [3.63, 3.8) is 0 Å². The van der Waals surface area contributed by atoms with E-state index in [4.69, 9.17) is 5.11 Å². The number of nitro groups is 1. The minimum atomic E-state index is -0.506. The summed E-state index contributed by atoms with van der Waals surface area (Å²) in [7, 11) is 0. The van der Waals surface area contributed by atoms with E-state index >= 15 is 0 Å². The molecule has 0 radical (unpaired) electrons. The Balaban J connectivity index is 2.32. The van der Waals surface area contributed by atoms with Gasteiger partial charge in [0.05, 0.1) is 11.5 Å². The molecule has 23 heavy (non-hydrogen) atoms. The highest BCUT2D eigenvalue weighted by Crippen LogP contribution is 2.21. The number of para-hydroxylation sites is 2. The summed E-state index contributed by atoms with van der Waals surface area (Å²) in [5.41, 5.74) is 0.306. The lowest BCUT2D eigenvalue weighted by molar-refractivity contribution is -0.384. The molecule has 2 aromatic rings. The van der Waals surface area contributed by atoms with Crippen molar-refractivity contribution in [2.75, 3.05) is 19.7 Å². The first-order valence-electron chi connectivity index (χ1n) is 6.89. The third-order valence-corrected chi connectivity index (χ3v) is 3.14. The molecule has 0 aliphatic carbocycles. The summed E-state index contributed by atoms with van der Waals surface area (Å²) in [5, 5.41) is 24.2. The molecular weight excluding hydrogens is 300 g/mol. The largest absolute Gasteiger partial charge is 0.395 e. The molecule has 0 fully saturated rings. The third-order valence-electron chi connectivity index (χ3n) is 3.14. The number of hydrogen-bond donors (Lipinski definition) is 1. The molecule has 1 aromatic carbocycles. The molecule has 0 saturated carbocycles. The van der Waals surface area contributed by atoms with E-state index in [1.165, 1.54) is 27.9 Å². The predicted octanol–water partition coefficient (Wildman–Crippen LogP) is 1.40. The van der Waals surface area contributed by atoms with E-state index < -0.39 is 4.92 Å². The van der Waals surface area contributed by atoms with Gasteiger partial charge in [0.1, 0.15) is 5.69 Å². The van der Waals surface area contributed by atoms with E-state index in [0.717, 1.165) is 0 Å². The average Bonchev–Trinajstić information content (AvgIpc) is 3.03. The lowest BCUT2D eigenvalue weighted by Gasteiger charge is -2.18. The first-order chi connectivity index (χ1) is 11.1. The van der Waals surface area contributed by atoms with E-state index in [1.54, 1.807) is 24.3 Å². The van der Waals surface area contributed by atoms with Gasteiger partial charge in [-0.15, -0.1) is 6.58 Å². The van der Waals surface area contributed by atoms with Gasteiger partial charge < -0.3 is 10.0 Å². The van der Waals surface area contributed by atoms with Crippen molar-refractivity contribution >= 4 is 11.6 Å². The van der Waals surface area contributed by atoms with Crippen LogP contribution < -0.4 is 0 Å². The van der Waals surface area contributed by atoms with Crippen LogP contribution in [0.5, 0.6) is 0 Å². The van der Waals surface area contributed by atoms with Gasteiger partial charge >= 0.3 is 0 Å². The smallest absolute Gasteiger partial charge is 0.294 e. The van der Waals surface area contributed by atoms with Gasteiger partial charge in [-0.2, -0.15) is 5.10 Å². The second kappa shape index (κ2) is 7.32. The lowest BCUT2D eigenvalue weighted by Crippen LogP contribution is -2.34. The second-order valence-electron chi connectivity index (χ2n) is 4.65. The molecule has 1 amide bonds. The zero-order valence-electron chi connectivity index (χ0n) is 12.3. The van der Waals surface area contributed by atoms with E-state index in [2.05, 4.69) is 11.7 Å². The summed E-state index contributed by atoms with van der Waals surface area (Å²) in [4.78, 5) is 24.3. The highest BCUT2D eigenvalue weighted by molar-refractivity contribution is 5.92. The molecule has 2 rings (SSSR count). The number of carbonyl (C=O) groups is 1. The zero-order chi connectivity index (χ0) is 16.8. The summed E-state index contributed by atoms with van der Waals surface area (Å²) in [6.45, 7) is 3.82. The number of benzene rings is 1. The van der Waals surface area contributed by atoms with Crippen LogP contribution in [0.15, 0.2) is 49.2 Å². The molecule has 0 spiro atoms. The van der Waals surface area contributed by atoms with Gasteiger partial charge in [0.2, 0.25) is 0 Å². The number of rotatable bonds is 7. The minimum absolute atomic E-state index is 0.104. The van der Waals surface area contributed by atoms with Crippen molar-refractivity contribution < 1.29 is 14.8 Å². The van der Waals surface area contributed by atoms with Crippen molar-refractivity contribution in [2.45, 2.75) is 0 Å². The van der Waals surface area contributed by atoms with Crippen LogP contribution in [0.2, 0.25) is 0 Å². The van der Waals surface area contributed by atoms with E-state index in [0.29, 0.717) is 0 Å². The number of aliphatic hydroxyl groups is 1. The third kappa shape index (κ3) is 3.61. The van der Waals surface area contributed by atoms with Crippen LogP contribution in [-0.2, 0) is 0 Å². The van der Waals surface area contributed by atoms with Crippen molar-refractivity contribution in [3.05, 3.63) is 65.0 Å². The first-order valence-corrected chi connectivity index (χ1v) is 6.89. The first kappa shape index (κ1) is 16.4. The standard InChI is InChI=1S/C15H16N4O4/c1-2-8-17(10-11-20)15(21)12-7-9-18(16-12)13-5-3-4-6-14(13)19(22)23/h2-7,9,20H,1,8,10-11H2. The topological polar surface area (TPSA) is 102 Å². The molecule has 0 atom stereocenters. The Morgan fingerprint density at radius 3 is 2.83 bits per heavy atom. The number of aromatic nitrogens is 2. The summed E-state index contributed by atoms with van der Waals surface area (Å²) < 4.78 is 1.29. The average molecular weight is 316 g/mol. The molecular formula is C15H16N4O4. The summed E-state index contributed by atoms with van der Waals surface area (Å²) >= 11 is 0. The number of carbonyl (C=O) groups excluding carboxylic acids is 1. The van der Waals surface area contributed by atoms with Crippen molar-refractivity contribution in [2.24, 2.45) is 0 Å². The Kier molecular flexibility index (Phi) is 5.21. The molecule has 0 saturated heterocycles. The molecule has 8 heteroatoms. The molecule has 120 valence electrons. The van der Waals surface area contributed by atoms with E-state index in [9.17, 15) is 14.9 Å². The second-order valence-corrected chi connectivity index (χ2v) is 4.65. The normalized spacial score (nSPS) is 10.3. The van der Waals surface area contributed by atoms with Crippen LogP contribution in [-0.4, -0.2) is 50.3 Å². The summed E-state index contributed by atoms with van der Waals surface area (Å²) in [6.07, 6.45) is 3.03. The number of hydrogen-bond acceptors (Lipinski definition) is 5. The maximum Gasteiger partial charge on any atom is 0.294 e. The molecule has 8 nitrogen and oxygen atoms in total. The van der Waals surface area contributed by atoms with Gasteiger partial charge in [0, 0.05) is 25.4 Å². The zero-order valence-corrected chi connectivity index (χ0v) is 12.3. The summed E-state index contributed by atoms with van der Waals surface area (Å²) in [5.74, 6) is -0.378. The minimum Gasteiger partial charge on any atom is -0.395 e. The fraction of sp³-hybridized carbons (Fsp3) is 0.200. The Morgan fingerprint density at radius 2 is 2.17 bits per heavy atom. The Hall–Kier alpha value is -3.00. The highest BCUT2D eigenvalue weighted by Gasteiger charge is 2.20. The van der Waals surface area contributed by atoms with Gasteiger partial charge in [-0.3, -0.25) is 14.9 Å². The molecule has 0 bridgehead atoms. The monoisotopic (exact) mass is 316 g/mol. The predicted molar refractivity (Wildman–Crippen MR) is 83.4 cm³/mol. The van der Waals surface area contributed by atoms with Crippen LogP contribution in [0.4, 0.5) is 5.69 Å². The Morgan fingerprint density at radius 1 is 1.43 bits per heavy atom. The van der Waals surface area contributed by atoms with Gasteiger partial charge in [-0.1, -0.05) is 18.2 Å². The van der Waals surface area contributed by atoms with Crippen LogP contribution in [0.25, 0.3) is 5.69 Å². The fourth-order valence-electron chi connectivity index (χ4n) is 2.10. The Bertz CT molecular complexity index is 726. The van der Waals surface area contributed by atoms with Gasteiger partial charge in [-0.05, 0) is 12.1 Å². The van der Waals surface area contributed by atoms with Gasteiger partial charge in [-0.25, -0.2) is 4.68 Å². The SMILES string of the molecule is C=CCN(CCO)C(=O)c1ccn(-c2ccccc2[N+](=O)[O-])n1. The molecule has 0 aliphatic heterocycles. The van der Waals surface area contributed by atoms with Crippen LogP contribution in [0, 0.1) is 10.1 Å². The van der Waals surface area contributed by atoms with Crippen LogP contribution in [0.1, 0.15) is 10.5 Å². The molecule has 1 N–H and O–H groups in total. The fourth-order valence-corrected chi connectivity index (χ4v) is 2.10. The van der Waals surface area contributed by atoms with Crippen molar-refractivity contribution in [1.29, 1.82) is 0 Å². The highest BCUT2D eigenvalue weighted by atomic mass is 16.6. The number of nitro benzene ring substituents is 1. The molecule has 0 unspecified atom stereocenters. The van der Waals surface area contributed by atoms with E-state index in [-0.39, 0.29) is 42.7 Å². The Labute approximate surface area is 132 Å².